The molecule has 2 N–H and O–H groups in total. The minimum Gasteiger partial charge on any atom is -0.313 e. The van der Waals surface area contributed by atoms with Crippen molar-refractivity contribution < 1.29 is 8.42 Å². The van der Waals surface area contributed by atoms with Gasteiger partial charge in [0.1, 0.15) is 0 Å². The first kappa shape index (κ1) is 11.4. The van der Waals surface area contributed by atoms with E-state index in [1.54, 1.807) is 6.92 Å². The van der Waals surface area contributed by atoms with Gasteiger partial charge in [-0.05, 0) is 32.6 Å². The van der Waals surface area contributed by atoms with Crippen LogP contribution in [0.3, 0.4) is 0 Å². The number of hydrogen-bond donors (Lipinski definition) is 2. The van der Waals surface area contributed by atoms with Gasteiger partial charge in [-0.15, -0.1) is 0 Å². The molecule has 2 rings (SSSR count). The summed E-state index contributed by atoms with van der Waals surface area (Å²) in [5, 5.41) is 2.93. The van der Waals surface area contributed by atoms with Crippen LogP contribution in [-0.2, 0) is 10.0 Å². The monoisotopic (exact) mass is 232 g/mol. The Kier molecular flexibility index (Phi) is 3.33. The summed E-state index contributed by atoms with van der Waals surface area (Å²) in [6.07, 6.45) is 5.55. The van der Waals surface area contributed by atoms with Crippen molar-refractivity contribution in [2.75, 3.05) is 6.54 Å². The molecular formula is C10H20N2O2S. The molecular weight excluding hydrogens is 212 g/mol. The summed E-state index contributed by atoms with van der Waals surface area (Å²) >= 11 is 0. The predicted octanol–water partition coefficient (Wildman–Crippen LogP) is 0.599. The van der Waals surface area contributed by atoms with E-state index < -0.39 is 10.0 Å². The van der Waals surface area contributed by atoms with E-state index in [1.165, 1.54) is 12.8 Å². The summed E-state index contributed by atoms with van der Waals surface area (Å²) in [6, 6.07) is 0.782. The van der Waals surface area contributed by atoms with E-state index >= 15 is 0 Å². The first-order valence-electron chi connectivity index (χ1n) is 5.82. The molecule has 0 amide bonds. The first-order chi connectivity index (χ1) is 7.08. The topological polar surface area (TPSA) is 58.2 Å². The van der Waals surface area contributed by atoms with Gasteiger partial charge in [0.15, 0.2) is 0 Å². The van der Waals surface area contributed by atoms with Crippen molar-refractivity contribution >= 4 is 10.0 Å². The van der Waals surface area contributed by atoms with Crippen molar-refractivity contribution in [1.29, 1.82) is 0 Å². The highest BCUT2D eigenvalue weighted by molar-refractivity contribution is 7.90. The molecule has 2 aliphatic carbocycles. The molecule has 0 aromatic heterocycles. The predicted molar refractivity (Wildman–Crippen MR) is 60.2 cm³/mol. The van der Waals surface area contributed by atoms with Crippen LogP contribution in [0.25, 0.3) is 0 Å². The molecule has 0 spiro atoms. The average Bonchev–Trinajstić information content (AvgIpc) is 2.91. The van der Waals surface area contributed by atoms with Gasteiger partial charge in [-0.1, -0.05) is 6.42 Å². The second-order valence-electron chi connectivity index (χ2n) is 4.78. The summed E-state index contributed by atoms with van der Waals surface area (Å²) in [6.45, 7) is 2.35. The van der Waals surface area contributed by atoms with Crippen LogP contribution in [0.5, 0.6) is 0 Å². The molecule has 15 heavy (non-hydrogen) atoms. The number of rotatable bonds is 6. The van der Waals surface area contributed by atoms with Crippen LogP contribution in [0.4, 0.5) is 0 Å². The molecule has 2 fully saturated rings. The Morgan fingerprint density at radius 3 is 2.33 bits per heavy atom. The van der Waals surface area contributed by atoms with Crippen LogP contribution in [0.1, 0.15) is 39.0 Å². The summed E-state index contributed by atoms with van der Waals surface area (Å²) in [7, 11) is -3.10. The fourth-order valence-corrected chi connectivity index (χ4v) is 2.85. The van der Waals surface area contributed by atoms with Gasteiger partial charge in [-0.25, -0.2) is 13.1 Å². The maximum absolute atomic E-state index is 11.8. The minimum atomic E-state index is -3.10. The molecule has 0 bridgehead atoms. The van der Waals surface area contributed by atoms with Gasteiger partial charge in [0, 0.05) is 18.6 Å². The SMILES string of the molecule is CC(CNC1CC1)S(=O)(=O)NC1CCC1. The number of hydrogen-bond acceptors (Lipinski definition) is 3. The zero-order valence-corrected chi connectivity index (χ0v) is 10.0. The van der Waals surface area contributed by atoms with Crippen LogP contribution in [0.2, 0.25) is 0 Å². The molecule has 88 valence electrons. The highest BCUT2D eigenvalue weighted by atomic mass is 32.2. The Morgan fingerprint density at radius 1 is 1.20 bits per heavy atom. The van der Waals surface area contributed by atoms with E-state index in [0.717, 1.165) is 19.3 Å². The highest BCUT2D eigenvalue weighted by Gasteiger charge is 2.29. The average molecular weight is 232 g/mol. The largest absolute Gasteiger partial charge is 0.313 e. The van der Waals surface area contributed by atoms with Gasteiger partial charge in [0.25, 0.3) is 0 Å². The fourth-order valence-electron chi connectivity index (χ4n) is 1.60. The number of nitrogens with one attached hydrogen (secondary N) is 2. The molecule has 0 aliphatic heterocycles. The molecule has 2 saturated carbocycles. The molecule has 1 atom stereocenters. The fraction of sp³-hybridized carbons (Fsp3) is 1.00. The van der Waals surface area contributed by atoms with E-state index in [0.29, 0.717) is 12.6 Å². The molecule has 0 aromatic carbocycles. The molecule has 0 radical (unpaired) electrons. The van der Waals surface area contributed by atoms with E-state index in [9.17, 15) is 8.42 Å². The van der Waals surface area contributed by atoms with Gasteiger partial charge in [0.2, 0.25) is 10.0 Å². The van der Waals surface area contributed by atoms with Gasteiger partial charge in [-0.2, -0.15) is 0 Å². The first-order valence-corrected chi connectivity index (χ1v) is 7.37. The molecule has 0 aromatic rings. The summed E-state index contributed by atoms with van der Waals surface area (Å²) in [4.78, 5) is 0. The Balaban J connectivity index is 1.76. The smallest absolute Gasteiger partial charge is 0.215 e. The van der Waals surface area contributed by atoms with Crippen LogP contribution in [0, 0.1) is 0 Å². The van der Waals surface area contributed by atoms with E-state index in [2.05, 4.69) is 10.0 Å². The lowest BCUT2D eigenvalue weighted by atomic mass is 9.94. The molecule has 2 aliphatic rings. The molecule has 5 heteroatoms. The minimum absolute atomic E-state index is 0.207. The third-order valence-electron chi connectivity index (χ3n) is 3.24. The molecule has 0 heterocycles. The van der Waals surface area contributed by atoms with Crippen molar-refractivity contribution in [1.82, 2.24) is 10.0 Å². The summed E-state index contributed by atoms with van der Waals surface area (Å²) in [5.41, 5.74) is 0. The zero-order valence-electron chi connectivity index (χ0n) is 9.20. The molecule has 1 unspecified atom stereocenters. The van der Waals surface area contributed by atoms with Gasteiger partial charge in [-0.3, -0.25) is 0 Å². The summed E-state index contributed by atoms with van der Waals surface area (Å²) in [5.74, 6) is 0. The molecule has 4 nitrogen and oxygen atoms in total. The Labute approximate surface area is 91.9 Å². The Morgan fingerprint density at radius 2 is 1.87 bits per heavy atom. The van der Waals surface area contributed by atoms with Crippen molar-refractivity contribution in [2.24, 2.45) is 0 Å². The van der Waals surface area contributed by atoms with E-state index in [1.807, 2.05) is 0 Å². The van der Waals surface area contributed by atoms with E-state index in [4.69, 9.17) is 0 Å². The van der Waals surface area contributed by atoms with Crippen LogP contribution in [0.15, 0.2) is 0 Å². The Hall–Kier alpha value is -0.130. The highest BCUT2D eigenvalue weighted by Crippen LogP contribution is 2.21. The van der Waals surface area contributed by atoms with Crippen molar-refractivity contribution in [3.8, 4) is 0 Å². The third kappa shape index (κ3) is 3.16. The molecule has 0 saturated heterocycles. The second kappa shape index (κ2) is 4.39. The maximum Gasteiger partial charge on any atom is 0.215 e. The lowest BCUT2D eigenvalue weighted by molar-refractivity contribution is 0.381. The van der Waals surface area contributed by atoms with Crippen LogP contribution < -0.4 is 10.0 Å². The van der Waals surface area contributed by atoms with Gasteiger partial charge < -0.3 is 5.32 Å². The summed E-state index contributed by atoms with van der Waals surface area (Å²) < 4.78 is 26.4. The van der Waals surface area contributed by atoms with Gasteiger partial charge >= 0.3 is 0 Å². The Bertz CT molecular complexity index is 307. The van der Waals surface area contributed by atoms with E-state index in [-0.39, 0.29) is 11.3 Å². The van der Waals surface area contributed by atoms with Crippen molar-refractivity contribution in [3.63, 3.8) is 0 Å². The number of sulfonamides is 1. The standard InChI is InChI=1S/C10H20N2O2S/c1-8(7-11-9-5-6-9)15(13,14)12-10-3-2-4-10/h8-12H,2-7H2,1H3. The third-order valence-corrected chi connectivity index (χ3v) is 5.13. The van der Waals surface area contributed by atoms with Crippen LogP contribution >= 0.6 is 0 Å². The van der Waals surface area contributed by atoms with Crippen molar-refractivity contribution in [2.45, 2.75) is 56.4 Å². The second-order valence-corrected chi connectivity index (χ2v) is 6.91. The zero-order chi connectivity index (χ0) is 10.9. The lowest BCUT2D eigenvalue weighted by Crippen LogP contribution is -2.46. The van der Waals surface area contributed by atoms with Crippen molar-refractivity contribution in [3.05, 3.63) is 0 Å². The normalized spacial score (nSPS) is 24.9. The van der Waals surface area contributed by atoms with Gasteiger partial charge in [0.05, 0.1) is 5.25 Å². The lowest BCUT2D eigenvalue weighted by Gasteiger charge is -2.27. The quantitative estimate of drug-likeness (QED) is 0.705. The van der Waals surface area contributed by atoms with Crippen LogP contribution in [-0.4, -0.2) is 32.3 Å². The maximum atomic E-state index is 11.8.